The molecule has 4 nitrogen and oxygen atoms in total. The first-order valence-electron chi connectivity index (χ1n) is 21.1. The van der Waals surface area contributed by atoms with E-state index in [1.165, 1.54) is 67.8 Å². The van der Waals surface area contributed by atoms with Gasteiger partial charge in [0.25, 0.3) is 0 Å². The van der Waals surface area contributed by atoms with Gasteiger partial charge in [-0.3, -0.25) is 0 Å². The third-order valence-corrected chi connectivity index (χ3v) is 12.1. The topological polar surface area (TPSA) is 43.6 Å². The van der Waals surface area contributed by atoms with Gasteiger partial charge in [-0.15, -0.1) is 0 Å². The first kappa shape index (κ1) is 38.7. The number of hydrogen-bond acceptors (Lipinski definition) is 3. The van der Waals surface area contributed by atoms with Crippen molar-refractivity contribution in [2.24, 2.45) is 0 Å². The number of aryl methyl sites for hydroxylation is 6. The normalized spacial score (nSPS) is 11.5. The molecule has 0 amide bonds. The molecule has 0 radical (unpaired) electrons. The monoisotopic (exact) mass is 804 g/mol. The van der Waals surface area contributed by atoms with E-state index in [2.05, 4.69) is 125 Å². The maximum Gasteiger partial charge on any atom is 0.166 e. The molecule has 0 aliphatic carbocycles. The summed E-state index contributed by atoms with van der Waals surface area (Å²) in [5.74, 6) is 1.46. The maximum absolute atomic E-state index is 14.3. The van der Waals surface area contributed by atoms with Crippen molar-refractivity contribution in [3.8, 4) is 73.2 Å². The average molecular weight is 805 g/mol. The molecule has 300 valence electrons. The largest absolute Gasteiger partial charge is 0.308 e. The number of fused-ring (bicyclic) bond motifs is 3. The van der Waals surface area contributed by atoms with Gasteiger partial charge in [0.1, 0.15) is 5.82 Å². The third-order valence-electron chi connectivity index (χ3n) is 12.1. The lowest BCUT2D eigenvalue weighted by molar-refractivity contribution is 0.628. The molecule has 0 bridgehead atoms. The molecular weight excluding hydrogens is 760 g/mol. The molecule has 0 unspecified atom stereocenters. The number of hydrogen-bond donors (Lipinski definition) is 0. The third kappa shape index (κ3) is 6.95. The molecule has 10 aromatic rings. The highest BCUT2D eigenvalue weighted by Gasteiger charge is 2.22. The molecule has 0 atom stereocenters. The Morgan fingerprint density at radius 1 is 0.371 bits per heavy atom. The lowest BCUT2D eigenvalue weighted by Gasteiger charge is -2.17. The predicted octanol–water partition coefficient (Wildman–Crippen LogP) is 15.0. The van der Waals surface area contributed by atoms with Gasteiger partial charge in [-0.1, -0.05) is 126 Å². The lowest BCUT2D eigenvalue weighted by atomic mass is 9.91. The van der Waals surface area contributed by atoms with E-state index in [0.717, 1.165) is 55.3 Å². The van der Waals surface area contributed by atoms with Crippen molar-refractivity contribution in [1.29, 1.82) is 0 Å². The van der Waals surface area contributed by atoms with Crippen LogP contribution in [0.2, 0.25) is 0 Å². The first-order valence-corrected chi connectivity index (χ1v) is 21.1. The number of benzene rings is 8. The quantitative estimate of drug-likeness (QED) is 0.161. The molecule has 0 saturated carbocycles. The Hall–Kier alpha value is -7.50. The highest BCUT2D eigenvalue weighted by atomic mass is 19.1. The second-order valence-corrected chi connectivity index (χ2v) is 16.6. The second kappa shape index (κ2) is 15.5. The van der Waals surface area contributed by atoms with E-state index in [9.17, 15) is 4.39 Å². The van der Waals surface area contributed by atoms with Crippen LogP contribution < -0.4 is 0 Å². The highest BCUT2D eigenvalue weighted by Crippen LogP contribution is 2.42. The molecule has 0 fully saturated rings. The molecule has 2 aromatic heterocycles. The molecule has 0 aliphatic rings. The smallest absolute Gasteiger partial charge is 0.166 e. The van der Waals surface area contributed by atoms with Crippen molar-refractivity contribution in [3.05, 3.63) is 203 Å². The fourth-order valence-corrected chi connectivity index (χ4v) is 9.52. The van der Waals surface area contributed by atoms with E-state index in [-0.39, 0.29) is 5.82 Å². The SMILES string of the molecule is Cc1cc(C)c(-c2ccc3c(c2)c2cc(-c4c(C)cc(C)cc4C)ccc2n3-c2cc(-c3ccc(F)cc3)ccc2-c2nc(-c3ccccc3)nc(-c3ccccc3)n2)c(C)c1. The van der Waals surface area contributed by atoms with Gasteiger partial charge in [0.2, 0.25) is 0 Å². The van der Waals surface area contributed by atoms with E-state index in [4.69, 9.17) is 15.0 Å². The average Bonchev–Trinajstić information content (AvgIpc) is 3.59. The summed E-state index contributed by atoms with van der Waals surface area (Å²) in [7, 11) is 0. The minimum Gasteiger partial charge on any atom is -0.308 e. The molecule has 2 heterocycles. The molecule has 62 heavy (non-hydrogen) atoms. The fraction of sp³-hybridized carbons (Fsp3) is 0.105. The predicted molar refractivity (Wildman–Crippen MR) is 255 cm³/mol. The van der Waals surface area contributed by atoms with Crippen molar-refractivity contribution in [1.82, 2.24) is 19.5 Å². The van der Waals surface area contributed by atoms with Crippen molar-refractivity contribution < 1.29 is 4.39 Å². The summed E-state index contributed by atoms with van der Waals surface area (Å²) in [6, 6.07) is 56.1. The van der Waals surface area contributed by atoms with Gasteiger partial charge in [0, 0.05) is 27.5 Å². The van der Waals surface area contributed by atoms with E-state index in [0.29, 0.717) is 17.5 Å². The summed E-state index contributed by atoms with van der Waals surface area (Å²) < 4.78 is 16.7. The Balaban J connectivity index is 1.30. The summed E-state index contributed by atoms with van der Waals surface area (Å²) >= 11 is 0. The number of rotatable bonds is 7. The van der Waals surface area contributed by atoms with Crippen molar-refractivity contribution in [2.45, 2.75) is 41.5 Å². The van der Waals surface area contributed by atoms with Gasteiger partial charge in [0.05, 0.1) is 16.7 Å². The molecule has 0 saturated heterocycles. The highest BCUT2D eigenvalue weighted by molar-refractivity contribution is 6.12. The molecular formula is C57H45FN4. The molecule has 0 spiro atoms. The van der Waals surface area contributed by atoms with Crippen molar-refractivity contribution in [3.63, 3.8) is 0 Å². The van der Waals surface area contributed by atoms with Gasteiger partial charge < -0.3 is 4.57 Å². The van der Waals surface area contributed by atoms with E-state index >= 15 is 0 Å². The van der Waals surface area contributed by atoms with Crippen LogP contribution in [0.1, 0.15) is 33.4 Å². The summed E-state index contributed by atoms with van der Waals surface area (Å²) in [4.78, 5) is 15.5. The zero-order valence-corrected chi connectivity index (χ0v) is 35.8. The van der Waals surface area contributed by atoms with Gasteiger partial charge in [-0.25, -0.2) is 19.3 Å². The Labute approximate surface area is 362 Å². The number of halogens is 1. The Kier molecular flexibility index (Phi) is 9.68. The van der Waals surface area contributed by atoms with Crippen molar-refractivity contribution in [2.75, 3.05) is 0 Å². The van der Waals surface area contributed by atoms with Crippen LogP contribution in [0.3, 0.4) is 0 Å². The van der Waals surface area contributed by atoms with Crippen LogP contribution in [0.5, 0.6) is 0 Å². The first-order chi connectivity index (χ1) is 30.1. The summed E-state index contributed by atoms with van der Waals surface area (Å²) in [5.41, 5.74) is 19.9. The molecule has 0 N–H and O–H groups in total. The van der Waals surface area contributed by atoms with Crippen LogP contribution >= 0.6 is 0 Å². The van der Waals surface area contributed by atoms with E-state index < -0.39 is 0 Å². The Morgan fingerprint density at radius 3 is 1.26 bits per heavy atom. The molecule has 10 rings (SSSR count). The zero-order chi connectivity index (χ0) is 42.6. The second-order valence-electron chi connectivity index (χ2n) is 16.6. The molecule has 8 aromatic carbocycles. The van der Waals surface area contributed by atoms with Crippen LogP contribution in [0.15, 0.2) is 164 Å². The summed E-state index contributed by atoms with van der Waals surface area (Å²) in [6.45, 7) is 13.1. The van der Waals surface area contributed by atoms with E-state index in [1.54, 1.807) is 0 Å². The van der Waals surface area contributed by atoms with Gasteiger partial charge in [-0.2, -0.15) is 0 Å². The number of aromatic nitrogens is 4. The maximum atomic E-state index is 14.3. The van der Waals surface area contributed by atoms with Crippen LogP contribution in [-0.2, 0) is 0 Å². The van der Waals surface area contributed by atoms with Gasteiger partial charge >= 0.3 is 0 Å². The molecule has 0 aliphatic heterocycles. The fourth-order valence-electron chi connectivity index (χ4n) is 9.52. The molecule has 5 heteroatoms. The lowest BCUT2D eigenvalue weighted by Crippen LogP contribution is -2.04. The zero-order valence-electron chi connectivity index (χ0n) is 35.8. The Morgan fingerprint density at radius 2 is 0.790 bits per heavy atom. The van der Waals surface area contributed by atoms with Crippen LogP contribution in [0, 0.1) is 47.4 Å². The van der Waals surface area contributed by atoms with E-state index in [1.807, 2.05) is 72.8 Å². The number of nitrogens with zero attached hydrogens (tertiary/aromatic N) is 4. The Bertz CT molecular complexity index is 3130. The summed E-state index contributed by atoms with van der Waals surface area (Å²) in [6.07, 6.45) is 0. The van der Waals surface area contributed by atoms with Gasteiger partial charge in [0.15, 0.2) is 17.5 Å². The van der Waals surface area contributed by atoms with Crippen molar-refractivity contribution >= 4 is 21.8 Å². The minimum absolute atomic E-state index is 0.273. The van der Waals surface area contributed by atoms with Crippen LogP contribution in [0.25, 0.3) is 95.0 Å². The minimum atomic E-state index is -0.273. The standard InChI is InChI=1S/C57H45FN4/c1-34-27-36(3)53(37(4)28-34)44-20-25-50-48(31-44)49-32-45(54-38(5)29-35(2)30-39(54)6)21-26-51(49)62(50)52-33-43(40-17-22-46(58)23-18-40)19-24-47(52)57-60-55(41-13-9-7-10-14-41)59-56(61-57)42-15-11-8-12-16-42/h7-33H,1-6H3. The van der Waals surface area contributed by atoms with Crippen LogP contribution in [0.4, 0.5) is 4.39 Å². The summed E-state index contributed by atoms with van der Waals surface area (Å²) in [5, 5.41) is 2.29. The van der Waals surface area contributed by atoms with Gasteiger partial charge in [-0.05, 0) is 146 Å². The van der Waals surface area contributed by atoms with Crippen LogP contribution in [-0.4, -0.2) is 19.5 Å².